The van der Waals surface area contributed by atoms with E-state index in [1.165, 1.54) is 11.8 Å². The molecule has 4 aromatic rings. The first kappa shape index (κ1) is 18.9. The number of aryl methyl sites for hydroxylation is 2. The number of nitrogens with zero attached hydrogens (tertiary/aromatic N) is 6. The first-order valence-electron chi connectivity index (χ1n) is 9.00. The number of amides is 1. The molecule has 0 bridgehead atoms. The number of para-hydroxylation sites is 1. The van der Waals surface area contributed by atoms with E-state index in [4.69, 9.17) is 0 Å². The molecule has 2 aromatic carbocycles. The lowest BCUT2D eigenvalue weighted by Crippen LogP contribution is -2.17. The van der Waals surface area contributed by atoms with Gasteiger partial charge in [0.25, 0.3) is 0 Å². The van der Waals surface area contributed by atoms with E-state index in [1.807, 2.05) is 62.4 Å². The highest BCUT2D eigenvalue weighted by atomic mass is 32.2. The molecule has 2 aromatic heterocycles. The van der Waals surface area contributed by atoms with Crippen molar-refractivity contribution in [3.8, 4) is 11.4 Å². The van der Waals surface area contributed by atoms with Crippen LogP contribution in [0.5, 0.6) is 0 Å². The standard InChI is InChI=1S/C20H19N7OS/c1-14-8-9-15(2)17(12-14)27-20(23-24-25-27)29-13-19(28)22-18-10-11-21-26(18)16-6-4-3-5-7-16/h3-12H,13H2,1-2H3,(H,22,28). The number of aromatic nitrogens is 6. The topological polar surface area (TPSA) is 90.5 Å². The number of anilines is 1. The number of benzene rings is 2. The minimum Gasteiger partial charge on any atom is -0.310 e. The molecule has 1 N–H and O–H groups in total. The molecule has 4 rings (SSSR count). The molecule has 29 heavy (non-hydrogen) atoms. The van der Waals surface area contributed by atoms with E-state index in [0.29, 0.717) is 11.0 Å². The van der Waals surface area contributed by atoms with Crippen LogP contribution in [-0.2, 0) is 4.79 Å². The van der Waals surface area contributed by atoms with Gasteiger partial charge in [0, 0.05) is 6.07 Å². The number of carbonyl (C=O) groups excluding carboxylic acids is 1. The Balaban J connectivity index is 1.45. The summed E-state index contributed by atoms with van der Waals surface area (Å²) in [6.07, 6.45) is 1.65. The van der Waals surface area contributed by atoms with Crippen LogP contribution in [0, 0.1) is 13.8 Å². The Morgan fingerprint density at radius 2 is 1.90 bits per heavy atom. The Labute approximate surface area is 171 Å². The maximum absolute atomic E-state index is 12.5. The highest BCUT2D eigenvalue weighted by Crippen LogP contribution is 2.22. The van der Waals surface area contributed by atoms with Gasteiger partial charge in [-0.2, -0.15) is 9.78 Å². The predicted molar refractivity (Wildman–Crippen MR) is 112 cm³/mol. The van der Waals surface area contributed by atoms with Crippen LogP contribution in [0.25, 0.3) is 11.4 Å². The van der Waals surface area contributed by atoms with E-state index < -0.39 is 0 Å². The van der Waals surface area contributed by atoms with Crippen molar-refractivity contribution in [2.24, 2.45) is 0 Å². The first-order chi connectivity index (χ1) is 14.1. The zero-order chi connectivity index (χ0) is 20.2. The van der Waals surface area contributed by atoms with Gasteiger partial charge >= 0.3 is 0 Å². The van der Waals surface area contributed by atoms with Gasteiger partial charge in [-0.1, -0.05) is 42.1 Å². The van der Waals surface area contributed by atoms with Crippen LogP contribution in [-0.4, -0.2) is 41.6 Å². The van der Waals surface area contributed by atoms with Crippen molar-refractivity contribution in [2.45, 2.75) is 19.0 Å². The Kier molecular flexibility index (Phi) is 5.39. The monoisotopic (exact) mass is 405 g/mol. The van der Waals surface area contributed by atoms with Gasteiger partial charge in [0.2, 0.25) is 11.1 Å². The van der Waals surface area contributed by atoms with Crippen molar-refractivity contribution in [3.05, 3.63) is 71.9 Å². The molecule has 0 saturated heterocycles. The SMILES string of the molecule is Cc1ccc(C)c(-n2nnnc2SCC(=O)Nc2ccnn2-c2ccccc2)c1. The Bertz CT molecular complexity index is 1140. The fourth-order valence-electron chi connectivity index (χ4n) is 2.85. The fourth-order valence-corrected chi connectivity index (χ4v) is 3.53. The molecule has 0 unspecified atom stereocenters. The quantitative estimate of drug-likeness (QED) is 0.496. The van der Waals surface area contributed by atoms with Crippen molar-refractivity contribution >= 4 is 23.5 Å². The molecule has 0 atom stereocenters. The van der Waals surface area contributed by atoms with Gasteiger partial charge in [-0.15, -0.1) is 5.10 Å². The van der Waals surface area contributed by atoms with Crippen molar-refractivity contribution in [3.63, 3.8) is 0 Å². The van der Waals surface area contributed by atoms with Crippen LogP contribution in [0.2, 0.25) is 0 Å². The molecule has 0 aliphatic carbocycles. The second-order valence-corrected chi connectivity index (χ2v) is 7.41. The van der Waals surface area contributed by atoms with Gasteiger partial charge in [0.1, 0.15) is 5.82 Å². The second-order valence-electron chi connectivity index (χ2n) is 6.46. The number of thioether (sulfide) groups is 1. The van der Waals surface area contributed by atoms with Crippen LogP contribution in [0.4, 0.5) is 5.82 Å². The van der Waals surface area contributed by atoms with Crippen molar-refractivity contribution in [1.29, 1.82) is 0 Å². The Morgan fingerprint density at radius 3 is 2.72 bits per heavy atom. The summed E-state index contributed by atoms with van der Waals surface area (Å²) in [6.45, 7) is 4.02. The average molecular weight is 405 g/mol. The maximum Gasteiger partial charge on any atom is 0.236 e. The van der Waals surface area contributed by atoms with Gasteiger partial charge in [-0.3, -0.25) is 4.79 Å². The Morgan fingerprint density at radius 1 is 1.07 bits per heavy atom. The fraction of sp³-hybridized carbons (Fsp3) is 0.150. The highest BCUT2D eigenvalue weighted by molar-refractivity contribution is 7.99. The zero-order valence-corrected chi connectivity index (χ0v) is 16.8. The van der Waals surface area contributed by atoms with Crippen LogP contribution in [0.15, 0.2) is 66.0 Å². The van der Waals surface area contributed by atoms with Crippen LogP contribution >= 0.6 is 11.8 Å². The van der Waals surface area contributed by atoms with E-state index in [2.05, 4.69) is 25.9 Å². The summed E-state index contributed by atoms with van der Waals surface area (Å²) in [5.41, 5.74) is 3.95. The molecule has 146 valence electrons. The summed E-state index contributed by atoms with van der Waals surface area (Å²) in [7, 11) is 0. The molecule has 0 spiro atoms. The molecule has 0 aliphatic rings. The van der Waals surface area contributed by atoms with Gasteiger partial charge in [-0.05, 0) is 53.6 Å². The summed E-state index contributed by atoms with van der Waals surface area (Å²) in [6, 6.07) is 17.5. The number of tetrazole rings is 1. The maximum atomic E-state index is 12.5. The lowest BCUT2D eigenvalue weighted by Gasteiger charge is -2.10. The second kappa shape index (κ2) is 8.27. The number of hydrogen-bond donors (Lipinski definition) is 1. The molecule has 1 amide bonds. The largest absolute Gasteiger partial charge is 0.310 e. The summed E-state index contributed by atoms with van der Waals surface area (Å²) < 4.78 is 3.34. The smallest absolute Gasteiger partial charge is 0.236 e. The summed E-state index contributed by atoms with van der Waals surface area (Å²) in [5.74, 6) is 0.615. The van der Waals surface area contributed by atoms with Crippen molar-refractivity contribution in [1.82, 2.24) is 30.0 Å². The molecule has 2 heterocycles. The molecular weight excluding hydrogens is 386 g/mol. The molecule has 8 nitrogen and oxygen atoms in total. The number of nitrogens with one attached hydrogen (secondary N) is 1. The lowest BCUT2D eigenvalue weighted by atomic mass is 10.1. The third-order valence-corrected chi connectivity index (χ3v) is 5.20. The van der Waals surface area contributed by atoms with E-state index in [0.717, 1.165) is 22.5 Å². The summed E-state index contributed by atoms with van der Waals surface area (Å²) in [5, 5.41) is 19.7. The van der Waals surface area contributed by atoms with Crippen molar-refractivity contribution in [2.75, 3.05) is 11.1 Å². The van der Waals surface area contributed by atoms with E-state index >= 15 is 0 Å². The number of rotatable bonds is 6. The van der Waals surface area contributed by atoms with Crippen LogP contribution < -0.4 is 5.32 Å². The lowest BCUT2D eigenvalue weighted by molar-refractivity contribution is -0.113. The molecule has 0 aliphatic heterocycles. The van der Waals surface area contributed by atoms with E-state index in [9.17, 15) is 4.79 Å². The van der Waals surface area contributed by atoms with Gasteiger partial charge in [0.15, 0.2) is 0 Å². The van der Waals surface area contributed by atoms with E-state index in [1.54, 1.807) is 21.6 Å². The van der Waals surface area contributed by atoms with Gasteiger partial charge in [0.05, 0.1) is 23.3 Å². The van der Waals surface area contributed by atoms with Gasteiger partial charge in [-0.25, -0.2) is 4.68 Å². The predicted octanol–water partition coefficient (Wildman–Crippen LogP) is 3.20. The first-order valence-corrected chi connectivity index (χ1v) is 9.98. The van der Waals surface area contributed by atoms with E-state index in [-0.39, 0.29) is 11.7 Å². The van der Waals surface area contributed by atoms with Crippen molar-refractivity contribution < 1.29 is 4.79 Å². The summed E-state index contributed by atoms with van der Waals surface area (Å²) >= 11 is 1.28. The zero-order valence-electron chi connectivity index (χ0n) is 16.0. The minimum absolute atomic E-state index is 0.164. The molecular formula is C20H19N7OS. The Hall–Kier alpha value is -3.46. The molecule has 0 fully saturated rings. The highest BCUT2D eigenvalue weighted by Gasteiger charge is 2.14. The van der Waals surface area contributed by atoms with Crippen LogP contribution in [0.3, 0.4) is 0 Å². The normalized spacial score (nSPS) is 10.8. The van der Waals surface area contributed by atoms with Crippen LogP contribution in [0.1, 0.15) is 11.1 Å². The summed E-state index contributed by atoms with van der Waals surface area (Å²) in [4.78, 5) is 12.5. The third kappa shape index (κ3) is 4.19. The average Bonchev–Trinajstić information content (AvgIpc) is 3.38. The molecule has 0 saturated carbocycles. The minimum atomic E-state index is -0.164. The number of carbonyl (C=O) groups is 1. The molecule has 9 heteroatoms. The molecule has 0 radical (unpaired) electrons. The van der Waals surface area contributed by atoms with Gasteiger partial charge < -0.3 is 5.32 Å². The number of hydrogen-bond acceptors (Lipinski definition) is 6. The third-order valence-electron chi connectivity index (χ3n) is 4.28.